The van der Waals surface area contributed by atoms with Crippen LogP contribution in [0.15, 0.2) is 35.3 Å². The molecule has 45 heavy (non-hydrogen) atoms. The van der Waals surface area contributed by atoms with Crippen LogP contribution in [0.1, 0.15) is 80.7 Å². The van der Waals surface area contributed by atoms with Gasteiger partial charge in [-0.2, -0.15) is 9.78 Å². The zero-order valence-corrected chi connectivity index (χ0v) is 28.3. The first-order valence-corrected chi connectivity index (χ1v) is 15.2. The van der Waals surface area contributed by atoms with Crippen LogP contribution in [0, 0.1) is 20.8 Å². The van der Waals surface area contributed by atoms with E-state index in [1.807, 2.05) is 13.0 Å². The molecule has 0 unspecified atom stereocenters. The van der Waals surface area contributed by atoms with Crippen LogP contribution in [-0.4, -0.2) is 43.6 Å². The summed E-state index contributed by atoms with van der Waals surface area (Å²) >= 11 is 6.21. The normalized spacial score (nSPS) is 11.7. The molecule has 0 aliphatic carbocycles. The molecule has 2 heterocycles. The molecule has 12 heteroatoms. The number of halogens is 1. The van der Waals surface area contributed by atoms with E-state index in [2.05, 4.69) is 15.7 Å². The number of ether oxygens (including phenoxy) is 2. The van der Waals surface area contributed by atoms with Gasteiger partial charge in [0.05, 0.1) is 17.8 Å². The van der Waals surface area contributed by atoms with Crippen molar-refractivity contribution < 1.29 is 23.9 Å². The minimum atomic E-state index is -0.656. The summed E-state index contributed by atoms with van der Waals surface area (Å²) in [6, 6.07) is 7.02. The number of benzene rings is 1. The molecule has 3 aromatic rings. The average Bonchev–Trinajstić information content (AvgIpc) is 3.20. The molecule has 0 saturated carbocycles. The van der Waals surface area contributed by atoms with E-state index in [4.69, 9.17) is 21.1 Å². The highest BCUT2D eigenvalue weighted by molar-refractivity contribution is 6.30. The van der Waals surface area contributed by atoms with E-state index < -0.39 is 23.4 Å². The summed E-state index contributed by atoms with van der Waals surface area (Å²) in [6.45, 7) is 16.8. The fourth-order valence-corrected chi connectivity index (χ4v) is 4.88. The lowest BCUT2D eigenvalue weighted by atomic mass is 10.1. The van der Waals surface area contributed by atoms with Gasteiger partial charge in [-0.25, -0.2) is 9.59 Å². The highest BCUT2D eigenvalue weighted by atomic mass is 35.5. The summed E-state index contributed by atoms with van der Waals surface area (Å²) in [4.78, 5) is 51.2. The number of amides is 2. The largest absolute Gasteiger partial charge is 0.444 e. The molecule has 2 amide bonds. The van der Waals surface area contributed by atoms with E-state index in [1.165, 1.54) is 4.68 Å². The van der Waals surface area contributed by atoms with Gasteiger partial charge in [-0.3, -0.25) is 9.59 Å². The van der Waals surface area contributed by atoms with Crippen LogP contribution in [0.2, 0.25) is 5.02 Å². The first kappa shape index (κ1) is 35.4. The van der Waals surface area contributed by atoms with E-state index in [0.29, 0.717) is 40.5 Å². The Morgan fingerprint density at radius 1 is 0.889 bits per heavy atom. The third kappa shape index (κ3) is 10.2. The van der Waals surface area contributed by atoms with E-state index in [1.54, 1.807) is 84.4 Å². The average molecular weight is 642 g/mol. The summed E-state index contributed by atoms with van der Waals surface area (Å²) in [5.41, 5.74) is 3.25. The molecule has 0 saturated heterocycles. The van der Waals surface area contributed by atoms with Crippen LogP contribution in [0.4, 0.5) is 9.59 Å². The number of pyridine rings is 1. The van der Waals surface area contributed by atoms with Crippen molar-refractivity contribution in [2.45, 2.75) is 106 Å². The second-order valence-electron chi connectivity index (χ2n) is 13.0. The molecule has 0 aliphatic heterocycles. The number of rotatable bonds is 9. The van der Waals surface area contributed by atoms with Crippen LogP contribution in [0.25, 0.3) is 0 Å². The molecule has 244 valence electrons. The first-order chi connectivity index (χ1) is 20.8. The van der Waals surface area contributed by atoms with Gasteiger partial charge in [-0.05, 0) is 109 Å². The topological polar surface area (TPSA) is 134 Å². The van der Waals surface area contributed by atoms with Gasteiger partial charge in [-0.1, -0.05) is 17.7 Å². The maximum absolute atomic E-state index is 13.4. The van der Waals surface area contributed by atoms with Crippen molar-refractivity contribution in [3.63, 3.8) is 0 Å². The Balaban J connectivity index is 1.68. The number of hydrogen-bond acceptors (Lipinski definition) is 7. The molecule has 0 atom stereocenters. The number of aromatic nitrogens is 3. The first-order valence-electron chi connectivity index (χ1n) is 14.8. The molecule has 1 aromatic carbocycles. The van der Waals surface area contributed by atoms with E-state index in [-0.39, 0.29) is 31.0 Å². The predicted molar refractivity (Wildman–Crippen MR) is 173 cm³/mol. The monoisotopic (exact) mass is 641 g/mol. The lowest BCUT2D eigenvalue weighted by Gasteiger charge is -2.20. The van der Waals surface area contributed by atoms with Crippen molar-refractivity contribution in [3.05, 3.63) is 85.0 Å². The Morgan fingerprint density at radius 2 is 1.53 bits per heavy atom. The molecule has 0 spiro atoms. The second-order valence-corrected chi connectivity index (χ2v) is 13.4. The molecular weight excluding hydrogens is 598 g/mol. The Hall–Kier alpha value is -4.12. The number of nitrogens with one attached hydrogen (secondary N) is 2. The number of carbonyl (C=O) groups excluding carboxylic acids is 3. The summed E-state index contributed by atoms with van der Waals surface area (Å²) in [5.74, 6) is -0.329. The lowest BCUT2D eigenvalue weighted by molar-refractivity contribution is -0.120. The molecule has 0 fully saturated rings. The number of nitrogens with zero attached hydrogens (tertiary/aromatic N) is 3. The van der Waals surface area contributed by atoms with Crippen molar-refractivity contribution in [3.8, 4) is 0 Å². The lowest BCUT2D eigenvalue weighted by Crippen LogP contribution is -2.33. The van der Waals surface area contributed by atoms with E-state index in [0.717, 1.165) is 16.7 Å². The zero-order valence-electron chi connectivity index (χ0n) is 27.6. The highest BCUT2D eigenvalue weighted by Crippen LogP contribution is 2.19. The molecule has 2 N–H and O–H groups in total. The third-order valence-corrected chi connectivity index (χ3v) is 7.15. The van der Waals surface area contributed by atoms with Gasteiger partial charge in [0.25, 0.3) is 5.56 Å². The zero-order chi connectivity index (χ0) is 33.7. The molecule has 0 aliphatic rings. The maximum Gasteiger partial charge on any atom is 0.435 e. The number of hydrogen-bond donors (Lipinski definition) is 2. The smallest absolute Gasteiger partial charge is 0.435 e. The minimum Gasteiger partial charge on any atom is -0.444 e. The molecular formula is C33H44ClN5O6. The van der Waals surface area contributed by atoms with Crippen LogP contribution < -0.4 is 16.2 Å². The summed E-state index contributed by atoms with van der Waals surface area (Å²) in [6.07, 6.45) is 0.957. The van der Waals surface area contributed by atoms with Gasteiger partial charge < -0.3 is 24.7 Å². The second kappa shape index (κ2) is 14.3. The summed E-state index contributed by atoms with van der Waals surface area (Å²) in [5, 5.41) is 10.4. The van der Waals surface area contributed by atoms with E-state index >= 15 is 0 Å². The van der Waals surface area contributed by atoms with Crippen molar-refractivity contribution in [2.24, 2.45) is 0 Å². The standard InChI is InChI=1S/C33H44ClN5O6/c1-20-12-14-38(15-13-26-21(2)37-39(22(26)3)31(43)45-33(7,8)9)29(41)27(20)17-28(40)35-19-24-16-25(34)11-10-23(24)18-36-30(42)44-32(4,5)6/h10-12,14,16H,13,15,17-19H2,1-9H3,(H,35,40)(H,36,42). The van der Waals surface area contributed by atoms with Crippen LogP contribution in [-0.2, 0) is 46.7 Å². The minimum absolute atomic E-state index is 0.105. The van der Waals surface area contributed by atoms with E-state index in [9.17, 15) is 19.2 Å². The van der Waals surface area contributed by atoms with Gasteiger partial charge in [-0.15, -0.1) is 0 Å². The molecule has 2 aromatic heterocycles. The Kier molecular flexibility index (Phi) is 11.3. The third-order valence-electron chi connectivity index (χ3n) is 6.91. The van der Waals surface area contributed by atoms with Gasteiger partial charge in [0.2, 0.25) is 5.91 Å². The van der Waals surface area contributed by atoms with Gasteiger partial charge in [0.15, 0.2) is 0 Å². The fraction of sp³-hybridized carbons (Fsp3) is 0.485. The van der Waals surface area contributed by atoms with Crippen molar-refractivity contribution >= 4 is 29.7 Å². The molecule has 11 nitrogen and oxygen atoms in total. The SMILES string of the molecule is Cc1ccn(CCc2c(C)nn(C(=O)OC(C)(C)C)c2C)c(=O)c1CC(=O)NCc1cc(Cl)ccc1CNC(=O)OC(C)(C)C. The maximum atomic E-state index is 13.4. The van der Waals surface area contributed by atoms with Gasteiger partial charge in [0.1, 0.15) is 11.2 Å². The van der Waals surface area contributed by atoms with Gasteiger partial charge in [0, 0.05) is 36.4 Å². The molecule has 0 radical (unpaired) electrons. The Labute approximate surface area is 269 Å². The highest BCUT2D eigenvalue weighted by Gasteiger charge is 2.23. The summed E-state index contributed by atoms with van der Waals surface area (Å²) < 4.78 is 13.6. The summed E-state index contributed by atoms with van der Waals surface area (Å²) in [7, 11) is 0. The van der Waals surface area contributed by atoms with Crippen LogP contribution in [0.5, 0.6) is 0 Å². The predicted octanol–water partition coefficient (Wildman–Crippen LogP) is 5.53. The Bertz CT molecular complexity index is 1630. The molecule has 3 rings (SSSR count). The van der Waals surface area contributed by atoms with Crippen molar-refractivity contribution in [1.82, 2.24) is 25.0 Å². The van der Waals surface area contributed by atoms with Crippen molar-refractivity contribution in [1.29, 1.82) is 0 Å². The number of aryl methyl sites for hydroxylation is 3. The van der Waals surface area contributed by atoms with Gasteiger partial charge >= 0.3 is 12.2 Å². The van der Waals surface area contributed by atoms with Crippen LogP contribution in [0.3, 0.4) is 0 Å². The quantitative estimate of drug-likeness (QED) is 0.314. The fourth-order valence-electron chi connectivity index (χ4n) is 4.69. The number of carbonyl (C=O) groups is 3. The Morgan fingerprint density at radius 3 is 2.18 bits per heavy atom. The molecule has 0 bridgehead atoms. The van der Waals surface area contributed by atoms with Crippen molar-refractivity contribution in [2.75, 3.05) is 0 Å². The number of alkyl carbamates (subject to hydrolysis) is 1. The van der Waals surface area contributed by atoms with Crippen LogP contribution >= 0.6 is 11.6 Å².